The van der Waals surface area contributed by atoms with E-state index < -0.39 is 0 Å². The number of nitrogens with zero attached hydrogens (tertiary/aromatic N) is 3. The van der Waals surface area contributed by atoms with Crippen molar-refractivity contribution in [1.82, 2.24) is 5.43 Å². The van der Waals surface area contributed by atoms with Crippen molar-refractivity contribution < 1.29 is 0 Å². The van der Waals surface area contributed by atoms with Crippen molar-refractivity contribution in [3.8, 4) is 0 Å². The van der Waals surface area contributed by atoms with Crippen LogP contribution in [0, 0.1) is 0 Å². The molecule has 5 nitrogen and oxygen atoms in total. The molecule has 0 saturated heterocycles. The highest BCUT2D eigenvalue weighted by atomic mass is 15.5. The van der Waals surface area contributed by atoms with Crippen molar-refractivity contribution >= 4 is 28.6 Å². The van der Waals surface area contributed by atoms with Crippen molar-refractivity contribution in [2.24, 2.45) is 10.1 Å². The SMILES string of the molecule is CC1=Nc2ccccc2N2C(c3ccc(N)cc3)=NNC12. The van der Waals surface area contributed by atoms with Crippen LogP contribution in [0.5, 0.6) is 0 Å². The van der Waals surface area contributed by atoms with Crippen molar-refractivity contribution in [3.63, 3.8) is 0 Å². The van der Waals surface area contributed by atoms with Crippen molar-refractivity contribution in [1.29, 1.82) is 0 Å². The Morgan fingerprint density at radius 1 is 1.10 bits per heavy atom. The minimum Gasteiger partial charge on any atom is -0.399 e. The standard InChI is InChI=1S/C16H15N5/c1-10-15-19-20-16(11-6-8-12(17)9-7-11)21(15)14-5-3-2-4-13(14)18-10/h2-9,15,19H,17H2,1H3. The monoisotopic (exact) mass is 277 g/mol. The van der Waals surface area contributed by atoms with E-state index in [4.69, 9.17) is 5.73 Å². The van der Waals surface area contributed by atoms with Gasteiger partial charge in [-0.25, -0.2) is 0 Å². The number of hydrazone groups is 1. The number of hydrogen-bond donors (Lipinski definition) is 2. The molecule has 2 aromatic rings. The van der Waals surface area contributed by atoms with Gasteiger partial charge in [-0.1, -0.05) is 12.1 Å². The Morgan fingerprint density at radius 2 is 1.86 bits per heavy atom. The first kappa shape index (κ1) is 12.0. The average Bonchev–Trinajstić information content (AvgIpc) is 2.94. The number of para-hydroxylation sites is 2. The summed E-state index contributed by atoms with van der Waals surface area (Å²) >= 11 is 0. The summed E-state index contributed by atoms with van der Waals surface area (Å²) in [6, 6.07) is 15.9. The van der Waals surface area contributed by atoms with E-state index in [-0.39, 0.29) is 6.17 Å². The second-order valence-electron chi connectivity index (χ2n) is 5.20. The number of hydrogen-bond acceptors (Lipinski definition) is 5. The van der Waals surface area contributed by atoms with Crippen molar-refractivity contribution in [2.75, 3.05) is 10.6 Å². The van der Waals surface area contributed by atoms with Gasteiger partial charge in [0.25, 0.3) is 0 Å². The highest BCUT2D eigenvalue weighted by Gasteiger charge is 2.35. The minimum atomic E-state index is -0.0209. The summed E-state index contributed by atoms with van der Waals surface area (Å²) in [4.78, 5) is 6.83. The predicted molar refractivity (Wildman–Crippen MR) is 86.0 cm³/mol. The van der Waals surface area contributed by atoms with Gasteiger partial charge in [-0.15, -0.1) is 0 Å². The molecule has 2 heterocycles. The van der Waals surface area contributed by atoms with Gasteiger partial charge in [-0.05, 0) is 43.3 Å². The number of aliphatic imine (C=N–C) groups is 1. The number of fused-ring (bicyclic) bond motifs is 3. The Morgan fingerprint density at radius 3 is 2.67 bits per heavy atom. The second-order valence-corrected chi connectivity index (χ2v) is 5.20. The van der Waals surface area contributed by atoms with Crippen LogP contribution in [0.3, 0.4) is 0 Å². The van der Waals surface area contributed by atoms with Crippen LogP contribution in [0.15, 0.2) is 58.6 Å². The first-order valence-corrected chi connectivity index (χ1v) is 6.86. The largest absolute Gasteiger partial charge is 0.399 e. The van der Waals surface area contributed by atoms with E-state index in [0.29, 0.717) is 0 Å². The van der Waals surface area contributed by atoms with Gasteiger partial charge in [0, 0.05) is 11.3 Å². The van der Waals surface area contributed by atoms with Gasteiger partial charge in [-0.2, -0.15) is 5.10 Å². The first-order chi connectivity index (χ1) is 10.2. The van der Waals surface area contributed by atoms with Crippen LogP contribution in [0.25, 0.3) is 0 Å². The maximum atomic E-state index is 5.77. The van der Waals surface area contributed by atoms with E-state index in [9.17, 15) is 0 Å². The number of nitrogens with two attached hydrogens (primary N) is 1. The maximum Gasteiger partial charge on any atom is 0.162 e. The van der Waals surface area contributed by atoms with E-state index in [1.807, 2.05) is 49.4 Å². The topological polar surface area (TPSA) is 66.0 Å². The molecule has 0 bridgehead atoms. The molecule has 21 heavy (non-hydrogen) atoms. The molecule has 1 atom stereocenters. The number of benzene rings is 2. The summed E-state index contributed by atoms with van der Waals surface area (Å²) in [7, 11) is 0. The third-order valence-corrected chi connectivity index (χ3v) is 3.78. The molecule has 5 heteroatoms. The molecule has 0 radical (unpaired) electrons. The zero-order valence-corrected chi connectivity index (χ0v) is 11.6. The number of nitrogen functional groups attached to an aromatic ring is 1. The third kappa shape index (κ3) is 1.78. The van der Waals surface area contributed by atoms with Crippen LogP contribution in [-0.2, 0) is 0 Å². The first-order valence-electron chi connectivity index (χ1n) is 6.86. The molecular weight excluding hydrogens is 262 g/mol. The summed E-state index contributed by atoms with van der Waals surface area (Å²) < 4.78 is 0. The molecule has 1 unspecified atom stereocenters. The molecule has 2 aliphatic heterocycles. The predicted octanol–water partition coefficient (Wildman–Crippen LogP) is 2.47. The van der Waals surface area contributed by atoms with Crippen LogP contribution in [-0.4, -0.2) is 17.7 Å². The Kier molecular flexibility index (Phi) is 2.47. The Balaban J connectivity index is 1.83. The summed E-state index contributed by atoms with van der Waals surface area (Å²) in [5.41, 5.74) is 13.7. The molecule has 0 saturated carbocycles. The van der Waals surface area contributed by atoms with Crippen LogP contribution in [0.1, 0.15) is 12.5 Å². The second kappa shape index (κ2) is 4.34. The lowest BCUT2D eigenvalue weighted by Gasteiger charge is -2.31. The van der Waals surface area contributed by atoms with Crippen molar-refractivity contribution in [3.05, 3.63) is 54.1 Å². The highest BCUT2D eigenvalue weighted by molar-refractivity contribution is 6.17. The molecule has 0 aliphatic carbocycles. The number of nitrogens with one attached hydrogen (secondary N) is 1. The number of rotatable bonds is 1. The van der Waals surface area contributed by atoms with Crippen LogP contribution in [0.2, 0.25) is 0 Å². The molecule has 3 N–H and O–H groups in total. The number of amidine groups is 1. The normalized spacial score (nSPS) is 19.3. The number of anilines is 2. The van der Waals surface area contributed by atoms with Gasteiger partial charge in [0.15, 0.2) is 12.0 Å². The summed E-state index contributed by atoms with van der Waals surface area (Å²) in [6.07, 6.45) is -0.0209. The summed E-state index contributed by atoms with van der Waals surface area (Å²) in [5, 5.41) is 4.50. The van der Waals surface area contributed by atoms with E-state index in [2.05, 4.69) is 26.5 Å². The Bertz CT molecular complexity index is 760. The Hall–Kier alpha value is -2.82. The van der Waals surface area contributed by atoms with Crippen LogP contribution < -0.4 is 16.1 Å². The molecule has 2 aliphatic rings. The fourth-order valence-corrected chi connectivity index (χ4v) is 2.74. The maximum absolute atomic E-state index is 5.77. The Labute approximate surface area is 122 Å². The molecular formula is C16H15N5. The van der Waals surface area contributed by atoms with Gasteiger partial charge < -0.3 is 5.73 Å². The molecule has 2 aromatic carbocycles. The van der Waals surface area contributed by atoms with E-state index in [1.165, 1.54) is 0 Å². The molecule has 4 rings (SSSR count). The lowest BCUT2D eigenvalue weighted by molar-refractivity contribution is 0.710. The molecule has 0 aromatic heterocycles. The quantitative estimate of drug-likeness (QED) is 0.787. The van der Waals surface area contributed by atoms with Crippen LogP contribution in [0.4, 0.5) is 17.1 Å². The summed E-state index contributed by atoms with van der Waals surface area (Å²) in [6.45, 7) is 2.02. The van der Waals surface area contributed by atoms with E-state index in [0.717, 1.165) is 34.2 Å². The van der Waals surface area contributed by atoms with Crippen LogP contribution >= 0.6 is 0 Å². The van der Waals surface area contributed by atoms with Gasteiger partial charge >= 0.3 is 0 Å². The zero-order valence-electron chi connectivity index (χ0n) is 11.6. The lowest BCUT2D eigenvalue weighted by Crippen LogP contribution is -2.47. The van der Waals surface area contributed by atoms with Gasteiger partial charge in [0.05, 0.1) is 17.1 Å². The highest BCUT2D eigenvalue weighted by Crippen LogP contribution is 2.36. The lowest BCUT2D eigenvalue weighted by atomic mass is 10.1. The van der Waals surface area contributed by atoms with E-state index in [1.54, 1.807) is 0 Å². The third-order valence-electron chi connectivity index (χ3n) is 3.78. The fourth-order valence-electron chi connectivity index (χ4n) is 2.74. The minimum absolute atomic E-state index is 0.0209. The molecule has 0 amide bonds. The van der Waals surface area contributed by atoms with Gasteiger partial charge in [0.2, 0.25) is 0 Å². The molecule has 0 spiro atoms. The smallest absolute Gasteiger partial charge is 0.162 e. The molecule has 104 valence electrons. The van der Waals surface area contributed by atoms with Gasteiger partial charge in [0.1, 0.15) is 0 Å². The average molecular weight is 277 g/mol. The zero-order chi connectivity index (χ0) is 14.4. The van der Waals surface area contributed by atoms with Gasteiger partial charge in [-0.3, -0.25) is 15.3 Å². The fraction of sp³-hybridized carbons (Fsp3) is 0.125. The summed E-state index contributed by atoms with van der Waals surface area (Å²) in [5.74, 6) is 0.890. The molecule has 0 fully saturated rings. The van der Waals surface area contributed by atoms with E-state index >= 15 is 0 Å². The van der Waals surface area contributed by atoms with Crippen molar-refractivity contribution in [2.45, 2.75) is 13.1 Å².